The monoisotopic (exact) mass is 329 g/mol. The van der Waals surface area contributed by atoms with E-state index in [0.717, 1.165) is 4.90 Å². The molecule has 1 aromatic carbocycles. The second kappa shape index (κ2) is 5.85. The second-order valence-corrected chi connectivity index (χ2v) is 5.58. The molecule has 1 spiro atoms. The number of urea groups is 1. The van der Waals surface area contributed by atoms with E-state index in [1.54, 1.807) is 30.3 Å². The summed E-state index contributed by atoms with van der Waals surface area (Å²) >= 11 is 0. The number of carbonyl (C=O) groups excluding carboxylic acids is 3. The standard InChI is InChI=1S/C16H15N3O5/c1-10(8-17)24-13(20)9-19-14(21)16(18-15(19)22)6-7-23-12-5-3-2-4-11(12)16/h2-5,10H,6-7,9H2,1H3,(H,18,22)/t10-,16-/m0/s1. The highest BCUT2D eigenvalue weighted by Crippen LogP contribution is 2.40. The number of nitrogens with one attached hydrogen (secondary N) is 1. The van der Waals surface area contributed by atoms with Crippen molar-refractivity contribution in [2.24, 2.45) is 0 Å². The third-order valence-electron chi connectivity index (χ3n) is 4.03. The number of rotatable bonds is 3. The number of hydrogen-bond donors (Lipinski definition) is 1. The van der Waals surface area contributed by atoms with Crippen LogP contribution < -0.4 is 10.1 Å². The maximum atomic E-state index is 12.9. The molecule has 8 nitrogen and oxygen atoms in total. The van der Waals surface area contributed by atoms with Crippen LogP contribution in [0.1, 0.15) is 18.9 Å². The van der Waals surface area contributed by atoms with Gasteiger partial charge in [-0.15, -0.1) is 0 Å². The number of benzene rings is 1. The van der Waals surface area contributed by atoms with E-state index in [4.69, 9.17) is 14.7 Å². The number of imide groups is 1. The van der Waals surface area contributed by atoms with Crippen molar-refractivity contribution in [3.05, 3.63) is 29.8 Å². The zero-order chi connectivity index (χ0) is 17.3. The molecule has 1 N–H and O–H groups in total. The van der Waals surface area contributed by atoms with E-state index in [-0.39, 0.29) is 13.0 Å². The molecule has 24 heavy (non-hydrogen) atoms. The maximum absolute atomic E-state index is 12.9. The van der Waals surface area contributed by atoms with Gasteiger partial charge in [0.15, 0.2) is 11.6 Å². The maximum Gasteiger partial charge on any atom is 0.327 e. The Morgan fingerprint density at radius 1 is 1.50 bits per heavy atom. The summed E-state index contributed by atoms with van der Waals surface area (Å²) in [5, 5.41) is 11.3. The molecule has 1 aromatic rings. The van der Waals surface area contributed by atoms with Gasteiger partial charge in [-0.3, -0.25) is 14.5 Å². The van der Waals surface area contributed by atoms with Crippen molar-refractivity contribution < 1.29 is 23.9 Å². The largest absolute Gasteiger partial charge is 0.493 e. The lowest BCUT2D eigenvalue weighted by Gasteiger charge is -2.33. The van der Waals surface area contributed by atoms with Crippen LogP contribution in [0.2, 0.25) is 0 Å². The molecule has 2 aliphatic heterocycles. The highest BCUT2D eigenvalue weighted by molar-refractivity contribution is 6.09. The predicted molar refractivity (Wildman–Crippen MR) is 79.6 cm³/mol. The summed E-state index contributed by atoms with van der Waals surface area (Å²) in [6.07, 6.45) is -0.676. The number of carbonyl (C=O) groups is 3. The van der Waals surface area contributed by atoms with Gasteiger partial charge in [0.1, 0.15) is 18.4 Å². The van der Waals surface area contributed by atoms with E-state index in [1.165, 1.54) is 6.92 Å². The van der Waals surface area contributed by atoms with E-state index in [1.807, 2.05) is 0 Å². The summed E-state index contributed by atoms with van der Waals surface area (Å²) in [6.45, 7) is 1.13. The van der Waals surface area contributed by atoms with Crippen LogP contribution in [-0.2, 0) is 19.9 Å². The molecule has 0 unspecified atom stereocenters. The van der Waals surface area contributed by atoms with Gasteiger partial charge in [0.05, 0.1) is 6.61 Å². The molecule has 3 amide bonds. The van der Waals surface area contributed by atoms with E-state index in [0.29, 0.717) is 11.3 Å². The van der Waals surface area contributed by atoms with Crippen LogP contribution in [0.5, 0.6) is 5.75 Å². The van der Waals surface area contributed by atoms with Crippen LogP contribution >= 0.6 is 0 Å². The molecule has 0 bridgehead atoms. The molecule has 3 rings (SSSR count). The van der Waals surface area contributed by atoms with Crippen molar-refractivity contribution in [3.63, 3.8) is 0 Å². The van der Waals surface area contributed by atoms with Crippen LogP contribution in [0, 0.1) is 11.3 Å². The number of esters is 1. The van der Waals surface area contributed by atoms with Gasteiger partial charge in [-0.25, -0.2) is 4.79 Å². The molecule has 0 aromatic heterocycles. The number of ether oxygens (including phenoxy) is 2. The van der Waals surface area contributed by atoms with Crippen molar-refractivity contribution in [2.75, 3.05) is 13.2 Å². The normalized spacial score (nSPS) is 23.1. The number of hydrogen-bond acceptors (Lipinski definition) is 6. The molecule has 8 heteroatoms. The summed E-state index contributed by atoms with van der Waals surface area (Å²) < 4.78 is 10.3. The van der Waals surface area contributed by atoms with Crippen molar-refractivity contribution in [3.8, 4) is 11.8 Å². The Hall–Kier alpha value is -3.08. The zero-order valence-corrected chi connectivity index (χ0v) is 12.9. The Morgan fingerprint density at radius 2 is 2.25 bits per heavy atom. The summed E-state index contributed by atoms with van der Waals surface area (Å²) in [5.74, 6) is -0.810. The van der Waals surface area contributed by atoms with Gasteiger partial charge in [-0.1, -0.05) is 18.2 Å². The molecule has 2 aliphatic rings. The van der Waals surface area contributed by atoms with Crippen LogP contribution in [0.15, 0.2) is 24.3 Å². The van der Waals surface area contributed by atoms with Crippen LogP contribution in [0.4, 0.5) is 4.79 Å². The smallest absolute Gasteiger partial charge is 0.327 e. The van der Waals surface area contributed by atoms with Gasteiger partial charge in [0, 0.05) is 12.0 Å². The predicted octanol–water partition coefficient (Wildman–Crippen LogP) is 0.671. The fraction of sp³-hybridized carbons (Fsp3) is 0.375. The molecule has 0 aliphatic carbocycles. The average Bonchev–Trinajstić information content (AvgIpc) is 2.80. The zero-order valence-electron chi connectivity index (χ0n) is 12.9. The molecule has 2 heterocycles. The van der Waals surface area contributed by atoms with E-state index < -0.39 is 36.1 Å². The average molecular weight is 329 g/mol. The summed E-state index contributed by atoms with van der Waals surface area (Å²) in [5.41, 5.74) is -0.664. The van der Waals surface area contributed by atoms with Crippen LogP contribution in [0.3, 0.4) is 0 Å². The first kappa shape index (κ1) is 15.8. The van der Waals surface area contributed by atoms with Crippen molar-refractivity contribution in [2.45, 2.75) is 25.0 Å². The Bertz CT molecular complexity index is 756. The topological polar surface area (TPSA) is 109 Å². The summed E-state index contributed by atoms with van der Waals surface area (Å²) in [4.78, 5) is 37.7. The lowest BCUT2D eigenvalue weighted by atomic mass is 9.84. The molecule has 124 valence electrons. The van der Waals surface area contributed by atoms with Crippen molar-refractivity contribution >= 4 is 17.9 Å². The van der Waals surface area contributed by atoms with Gasteiger partial charge in [0.25, 0.3) is 5.91 Å². The fourth-order valence-corrected chi connectivity index (χ4v) is 2.91. The molecule has 1 fully saturated rings. The van der Waals surface area contributed by atoms with Crippen LogP contribution in [0.25, 0.3) is 0 Å². The molecule has 2 atom stereocenters. The van der Waals surface area contributed by atoms with E-state index in [2.05, 4.69) is 5.32 Å². The van der Waals surface area contributed by atoms with Gasteiger partial charge in [-0.05, 0) is 13.0 Å². The van der Waals surface area contributed by atoms with Gasteiger partial charge < -0.3 is 14.8 Å². The number of amides is 3. The lowest BCUT2D eigenvalue weighted by Crippen LogP contribution is -2.47. The van der Waals surface area contributed by atoms with Gasteiger partial charge in [-0.2, -0.15) is 5.26 Å². The van der Waals surface area contributed by atoms with Crippen LogP contribution in [-0.4, -0.2) is 42.1 Å². The van der Waals surface area contributed by atoms with Gasteiger partial charge >= 0.3 is 12.0 Å². The molecular weight excluding hydrogens is 314 g/mol. The van der Waals surface area contributed by atoms with Crippen molar-refractivity contribution in [1.82, 2.24) is 10.2 Å². The Kier molecular flexibility index (Phi) is 3.85. The van der Waals surface area contributed by atoms with Gasteiger partial charge in [0.2, 0.25) is 0 Å². The summed E-state index contributed by atoms with van der Waals surface area (Å²) in [6, 6.07) is 8.04. The second-order valence-electron chi connectivity index (χ2n) is 5.58. The number of para-hydroxylation sites is 1. The minimum Gasteiger partial charge on any atom is -0.493 e. The minimum absolute atomic E-state index is 0.271. The number of nitriles is 1. The number of nitrogens with zero attached hydrogens (tertiary/aromatic N) is 2. The van der Waals surface area contributed by atoms with Crippen molar-refractivity contribution in [1.29, 1.82) is 5.26 Å². The third-order valence-corrected chi connectivity index (χ3v) is 4.03. The first-order chi connectivity index (χ1) is 11.5. The Morgan fingerprint density at radius 3 is 3.00 bits per heavy atom. The third kappa shape index (κ3) is 2.44. The van der Waals surface area contributed by atoms with E-state index in [9.17, 15) is 14.4 Å². The molecule has 0 saturated carbocycles. The molecule has 0 radical (unpaired) electrons. The summed E-state index contributed by atoms with van der Waals surface area (Å²) in [7, 11) is 0. The quantitative estimate of drug-likeness (QED) is 0.645. The highest BCUT2D eigenvalue weighted by atomic mass is 16.5. The highest BCUT2D eigenvalue weighted by Gasteiger charge is 2.55. The Balaban J connectivity index is 1.85. The SMILES string of the molecule is C[C@@H](C#N)OC(=O)CN1C(=O)N[C@]2(CCOc3ccccc32)C1=O. The lowest BCUT2D eigenvalue weighted by molar-refractivity contribution is -0.149. The minimum atomic E-state index is -1.23. The Labute approximate surface area is 137 Å². The number of fused-ring (bicyclic) bond motifs is 2. The molecule has 1 saturated heterocycles. The first-order valence-corrected chi connectivity index (χ1v) is 7.43. The first-order valence-electron chi connectivity index (χ1n) is 7.43. The fourth-order valence-electron chi connectivity index (χ4n) is 2.91. The van der Waals surface area contributed by atoms with E-state index >= 15 is 0 Å². The molecular formula is C16H15N3O5.